The fraction of sp³-hybridized carbons (Fsp3) is 0.143. The highest BCUT2D eigenvalue weighted by molar-refractivity contribution is 5.81. The molecule has 0 heterocycles. The lowest BCUT2D eigenvalue weighted by Crippen LogP contribution is -2.07. The summed E-state index contributed by atoms with van der Waals surface area (Å²) >= 11 is 0. The fourth-order valence-corrected chi connectivity index (χ4v) is 2.52. The molecule has 2 heteroatoms. The summed E-state index contributed by atoms with van der Waals surface area (Å²) in [4.78, 5) is 0. The summed E-state index contributed by atoms with van der Waals surface area (Å²) in [6.07, 6.45) is 0. The van der Waals surface area contributed by atoms with Crippen LogP contribution in [0.3, 0.4) is 0 Å². The summed E-state index contributed by atoms with van der Waals surface area (Å²) in [6.45, 7) is 2.09. The monoisotopic (exact) mass is 211 g/mol. The van der Waals surface area contributed by atoms with Crippen LogP contribution in [0.1, 0.15) is 22.7 Å². The van der Waals surface area contributed by atoms with Gasteiger partial charge in [-0.25, -0.2) is 0 Å². The highest BCUT2D eigenvalue weighted by atomic mass is 16.3. The van der Waals surface area contributed by atoms with Crippen LogP contribution in [0.2, 0.25) is 0 Å². The number of benzene rings is 2. The summed E-state index contributed by atoms with van der Waals surface area (Å²) in [6, 6.07) is 11.5. The Morgan fingerprint density at radius 2 is 1.94 bits per heavy atom. The van der Waals surface area contributed by atoms with Crippen molar-refractivity contribution in [2.24, 2.45) is 5.73 Å². The zero-order chi connectivity index (χ0) is 11.3. The van der Waals surface area contributed by atoms with Crippen LogP contribution in [0, 0.1) is 6.92 Å². The molecule has 0 saturated carbocycles. The van der Waals surface area contributed by atoms with Crippen LogP contribution in [0.4, 0.5) is 0 Å². The summed E-state index contributed by atoms with van der Waals surface area (Å²) in [5, 5.41) is 9.51. The minimum Gasteiger partial charge on any atom is -0.508 e. The maximum atomic E-state index is 9.51. The number of aryl methyl sites for hydroxylation is 1. The van der Waals surface area contributed by atoms with Gasteiger partial charge in [0.15, 0.2) is 0 Å². The van der Waals surface area contributed by atoms with Crippen LogP contribution < -0.4 is 5.73 Å². The predicted octanol–water partition coefficient (Wildman–Crippen LogP) is 2.73. The van der Waals surface area contributed by atoms with Crippen molar-refractivity contribution in [3.63, 3.8) is 0 Å². The molecule has 0 amide bonds. The number of hydrogen-bond acceptors (Lipinski definition) is 2. The van der Waals surface area contributed by atoms with Crippen LogP contribution in [0.15, 0.2) is 36.4 Å². The van der Waals surface area contributed by atoms with E-state index in [0.29, 0.717) is 0 Å². The minimum absolute atomic E-state index is 0.114. The van der Waals surface area contributed by atoms with Gasteiger partial charge < -0.3 is 10.8 Å². The van der Waals surface area contributed by atoms with Crippen LogP contribution in [0.5, 0.6) is 5.75 Å². The SMILES string of the molecule is Cc1cccc2c1-c1ccc(O)cc1C2N. The molecule has 2 aromatic carbocycles. The van der Waals surface area contributed by atoms with Gasteiger partial charge in [-0.3, -0.25) is 0 Å². The van der Waals surface area contributed by atoms with Gasteiger partial charge in [0, 0.05) is 0 Å². The van der Waals surface area contributed by atoms with Gasteiger partial charge in [-0.1, -0.05) is 24.3 Å². The predicted molar refractivity (Wildman–Crippen MR) is 64.3 cm³/mol. The van der Waals surface area contributed by atoms with E-state index in [1.807, 2.05) is 12.1 Å². The average molecular weight is 211 g/mol. The molecule has 1 atom stereocenters. The van der Waals surface area contributed by atoms with Gasteiger partial charge >= 0.3 is 0 Å². The Kier molecular flexibility index (Phi) is 1.82. The van der Waals surface area contributed by atoms with Gasteiger partial charge in [0.05, 0.1) is 6.04 Å². The van der Waals surface area contributed by atoms with E-state index in [2.05, 4.69) is 19.1 Å². The molecule has 0 radical (unpaired) electrons. The summed E-state index contributed by atoms with van der Waals surface area (Å²) < 4.78 is 0. The quantitative estimate of drug-likeness (QED) is 0.703. The molecule has 3 rings (SSSR count). The normalized spacial score (nSPS) is 17.0. The second-order valence-corrected chi connectivity index (χ2v) is 4.29. The van der Waals surface area contributed by atoms with Crippen molar-refractivity contribution in [3.05, 3.63) is 53.1 Å². The maximum Gasteiger partial charge on any atom is 0.115 e. The summed E-state index contributed by atoms with van der Waals surface area (Å²) in [5.41, 5.74) is 12.0. The Balaban J connectivity index is 2.36. The molecule has 1 aliphatic carbocycles. The van der Waals surface area contributed by atoms with Crippen molar-refractivity contribution < 1.29 is 5.11 Å². The van der Waals surface area contributed by atoms with Gasteiger partial charge in [0.1, 0.15) is 5.75 Å². The lowest BCUT2D eigenvalue weighted by molar-refractivity contribution is 0.474. The Morgan fingerprint density at radius 3 is 2.75 bits per heavy atom. The molecule has 0 aromatic heterocycles. The molecule has 16 heavy (non-hydrogen) atoms. The molecule has 0 bridgehead atoms. The van der Waals surface area contributed by atoms with E-state index in [1.54, 1.807) is 12.1 Å². The third kappa shape index (κ3) is 1.11. The van der Waals surface area contributed by atoms with E-state index in [9.17, 15) is 5.11 Å². The number of fused-ring (bicyclic) bond motifs is 3. The topological polar surface area (TPSA) is 46.2 Å². The van der Waals surface area contributed by atoms with Crippen molar-refractivity contribution >= 4 is 0 Å². The zero-order valence-corrected chi connectivity index (χ0v) is 9.07. The van der Waals surface area contributed by atoms with E-state index < -0.39 is 0 Å². The molecule has 1 unspecified atom stereocenters. The van der Waals surface area contributed by atoms with E-state index in [-0.39, 0.29) is 11.8 Å². The van der Waals surface area contributed by atoms with Gasteiger partial charge in [0.25, 0.3) is 0 Å². The Labute approximate surface area is 94.3 Å². The minimum atomic E-state index is -0.114. The Morgan fingerprint density at radius 1 is 1.12 bits per heavy atom. The molecule has 80 valence electrons. The highest BCUT2D eigenvalue weighted by Crippen LogP contribution is 2.44. The van der Waals surface area contributed by atoms with E-state index in [1.165, 1.54) is 11.1 Å². The molecule has 3 N–H and O–H groups in total. The smallest absolute Gasteiger partial charge is 0.115 e. The van der Waals surface area contributed by atoms with Crippen molar-refractivity contribution in [2.45, 2.75) is 13.0 Å². The van der Waals surface area contributed by atoms with Gasteiger partial charge in [-0.05, 0) is 46.9 Å². The first-order valence-corrected chi connectivity index (χ1v) is 5.37. The molecule has 0 spiro atoms. The van der Waals surface area contributed by atoms with Crippen molar-refractivity contribution in [3.8, 4) is 16.9 Å². The van der Waals surface area contributed by atoms with Crippen molar-refractivity contribution in [1.82, 2.24) is 0 Å². The number of nitrogens with two attached hydrogens (primary N) is 1. The third-order valence-corrected chi connectivity index (χ3v) is 3.28. The molecular weight excluding hydrogens is 198 g/mol. The summed E-state index contributed by atoms with van der Waals surface area (Å²) in [7, 11) is 0. The molecule has 0 fully saturated rings. The number of phenols is 1. The fourth-order valence-electron chi connectivity index (χ4n) is 2.52. The Hall–Kier alpha value is -1.80. The third-order valence-electron chi connectivity index (χ3n) is 3.28. The first-order chi connectivity index (χ1) is 7.68. The molecule has 0 aliphatic heterocycles. The van der Waals surface area contributed by atoms with Crippen LogP contribution in [-0.4, -0.2) is 5.11 Å². The van der Waals surface area contributed by atoms with Crippen LogP contribution >= 0.6 is 0 Å². The highest BCUT2D eigenvalue weighted by Gasteiger charge is 2.26. The summed E-state index contributed by atoms with van der Waals surface area (Å²) in [5.74, 6) is 0.277. The maximum absolute atomic E-state index is 9.51. The lowest BCUT2D eigenvalue weighted by Gasteiger charge is -2.06. The first-order valence-electron chi connectivity index (χ1n) is 5.37. The number of phenolic OH excluding ortho intramolecular Hbond substituents is 1. The molecule has 0 saturated heterocycles. The molecular formula is C14H13NO. The zero-order valence-electron chi connectivity index (χ0n) is 9.07. The first kappa shape index (κ1) is 9.43. The lowest BCUT2D eigenvalue weighted by atomic mass is 10.0. The molecule has 2 aromatic rings. The number of rotatable bonds is 0. The van der Waals surface area contributed by atoms with Gasteiger partial charge in [0.2, 0.25) is 0 Å². The van der Waals surface area contributed by atoms with Crippen LogP contribution in [-0.2, 0) is 0 Å². The second-order valence-electron chi connectivity index (χ2n) is 4.29. The van der Waals surface area contributed by atoms with Gasteiger partial charge in [-0.2, -0.15) is 0 Å². The largest absolute Gasteiger partial charge is 0.508 e. The van der Waals surface area contributed by atoms with Crippen molar-refractivity contribution in [1.29, 1.82) is 0 Å². The second kappa shape index (κ2) is 3.09. The number of aromatic hydroxyl groups is 1. The molecule has 1 aliphatic rings. The average Bonchev–Trinajstić information content (AvgIpc) is 2.55. The van der Waals surface area contributed by atoms with E-state index in [4.69, 9.17) is 5.73 Å². The molecule has 2 nitrogen and oxygen atoms in total. The standard InChI is InChI=1S/C14H13NO/c1-8-3-2-4-11-13(8)10-6-5-9(16)7-12(10)14(11)15/h2-7,14,16H,15H2,1H3. The van der Waals surface area contributed by atoms with E-state index in [0.717, 1.165) is 16.7 Å². The van der Waals surface area contributed by atoms with E-state index >= 15 is 0 Å². The van der Waals surface area contributed by atoms with Gasteiger partial charge in [-0.15, -0.1) is 0 Å². The number of hydrogen-bond donors (Lipinski definition) is 2. The Bertz CT molecular complexity index is 575. The van der Waals surface area contributed by atoms with Crippen LogP contribution in [0.25, 0.3) is 11.1 Å². The van der Waals surface area contributed by atoms with Crippen molar-refractivity contribution in [2.75, 3.05) is 0 Å².